The number of hydrogen-bond donors (Lipinski definition) is 1. The van der Waals surface area contributed by atoms with E-state index in [1.807, 2.05) is 0 Å². The summed E-state index contributed by atoms with van der Waals surface area (Å²) in [5.74, 6) is 0.983. The van der Waals surface area contributed by atoms with Crippen LogP contribution in [-0.2, 0) is 11.3 Å². The zero-order valence-electron chi connectivity index (χ0n) is 20.0. The first-order valence-corrected chi connectivity index (χ1v) is 12.5. The van der Waals surface area contributed by atoms with E-state index in [1.165, 1.54) is 35.6 Å². The molecule has 1 saturated heterocycles. The highest BCUT2D eigenvalue weighted by Gasteiger charge is 2.32. The quantitative estimate of drug-likeness (QED) is 0.484. The van der Waals surface area contributed by atoms with Crippen molar-refractivity contribution in [2.75, 3.05) is 13.1 Å². The summed E-state index contributed by atoms with van der Waals surface area (Å²) in [6.45, 7) is 9.74. The van der Waals surface area contributed by atoms with Gasteiger partial charge in [-0.2, -0.15) is 0 Å². The molecule has 33 heavy (non-hydrogen) atoms. The van der Waals surface area contributed by atoms with Crippen LogP contribution in [0, 0.1) is 17.3 Å². The maximum Gasteiger partial charge on any atom is 0.306 e. The lowest BCUT2D eigenvalue weighted by Gasteiger charge is -2.38. The van der Waals surface area contributed by atoms with E-state index in [2.05, 4.69) is 62.1 Å². The van der Waals surface area contributed by atoms with Gasteiger partial charge in [0.15, 0.2) is 0 Å². The predicted molar refractivity (Wildman–Crippen MR) is 137 cm³/mol. The molecule has 0 radical (unpaired) electrons. The van der Waals surface area contributed by atoms with E-state index in [4.69, 9.17) is 4.74 Å². The average Bonchev–Trinajstić information content (AvgIpc) is 2.80. The van der Waals surface area contributed by atoms with Gasteiger partial charge in [0, 0.05) is 6.54 Å². The number of hydrogen-bond acceptors (Lipinski definition) is 3. The molecule has 0 unspecified atom stereocenters. The van der Waals surface area contributed by atoms with Crippen LogP contribution >= 0.6 is 0 Å². The molecule has 0 amide bonds. The van der Waals surface area contributed by atoms with Crippen LogP contribution in [-0.4, -0.2) is 35.2 Å². The fraction of sp³-hybridized carbons (Fsp3) is 0.621. The second-order valence-electron chi connectivity index (χ2n) is 10.7. The Hall–Kier alpha value is -2.07. The number of benzene rings is 2. The van der Waals surface area contributed by atoms with Gasteiger partial charge in [-0.1, -0.05) is 52.8 Å². The molecule has 1 heterocycles. The van der Waals surface area contributed by atoms with E-state index in [1.54, 1.807) is 0 Å². The highest BCUT2D eigenvalue weighted by molar-refractivity contribution is 5.84. The monoisotopic (exact) mass is 453 g/mol. The lowest BCUT2D eigenvalue weighted by Crippen LogP contribution is -2.35. The molecule has 0 bridgehead atoms. The van der Waals surface area contributed by atoms with Gasteiger partial charge in [0.05, 0.1) is 12.0 Å². The Balaban J connectivity index is 0.00000306. The highest BCUT2D eigenvalue weighted by atomic mass is 16.5. The standard InChI is InChI=1S/C28H39NO3.CH4/c1-4-28(2,3)24-8-11-25(12-9-24)32-26-10-7-22-17-20(5-6-23(22)18-26)19-29-15-13-21(14-16-29)27(30)31;/h5-7,10,17-18,21,24-25H,4,8-9,11-16,19H2,1-3H3,(H,30,31);1H4. The number of likely N-dealkylation sites (tertiary alicyclic amines) is 1. The fourth-order valence-electron chi connectivity index (χ4n) is 5.48. The topological polar surface area (TPSA) is 49.8 Å². The van der Waals surface area contributed by atoms with Gasteiger partial charge in [-0.3, -0.25) is 9.69 Å². The largest absolute Gasteiger partial charge is 0.490 e. The molecule has 4 rings (SSSR count). The van der Waals surface area contributed by atoms with Crippen molar-refractivity contribution in [3.63, 3.8) is 0 Å². The number of carbonyl (C=O) groups is 1. The summed E-state index contributed by atoms with van der Waals surface area (Å²) in [7, 11) is 0. The predicted octanol–water partition coefficient (Wildman–Crippen LogP) is 7.15. The number of ether oxygens (including phenoxy) is 1. The molecule has 2 aromatic carbocycles. The molecule has 0 spiro atoms. The molecule has 1 aliphatic carbocycles. The van der Waals surface area contributed by atoms with Gasteiger partial charge in [0.2, 0.25) is 0 Å². The van der Waals surface area contributed by atoms with Gasteiger partial charge in [-0.05, 0) is 97.5 Å². The second kappa shape index (κ2) is 10.9. The van der Waals surface area contributed by atoms with Crippen molar-refractivity contribution in [1.82, 2.24) is 4.90 Å². The average molecular weight is 454 g/mol. The summed E-state index contributed by atoms with van der Waals surface area (Å²) < 4.78 is 6.38. The number of piperidine rings is 1. The second-order valence-corrected chi connectivity index (χ2v) is 10.7. The van der Waals surface area contributed by atoms with Gasteiger partial charge >= 0.3 is 5.97 Å². The Kier molecular flexibility index (Phi) is 8.44. The first-order valence-electron chi connectivity index (χ1n) is 12.5. The van der Waals surface area contributed by atoms with Gasteiger partial charge in [-0.15, -0.1) is 0 Å². The summed E-state index contributed by atoms with van der Waals surface area (Å²) in [4.78, 5) is 13.5. The lowest BCUT2D eigenvalue weighted by molar-refractivity contribution is -0.143. The van der Waals surface area contributed by atoms with Crippen LogP contribution in [0.15, 0.2) is 36.4 Å². The van der Waals surface area contributed by atoms with Crippen LogP contribution < -0.4 is 4.74 Å². The smallest absolute Gasteiger partial charge is 0.306 e. The van der Waals surface area contributed by atoms with Crippen molar-refractivity contribution in [2.45, 2.75) is 85.8 Å². The van der Waals surface area contributed by atoms with Crippen molar-refractivity contribution in [1.29, 1.82) is 0 Å². The Bertz CT molecular complexity index is 922. The Labute approximate surface area is 200 Å². The minimum Gasteiger partial charge on any atom is -0.490 e. The van der Waals surface area contributed by atoms with E-state index in [9.17, 15) is 9.90 Å². The van der Waals surface area contributed by atoms with E-state index in [0.29, 0.717) is 11.5 Å². The SMILES string of the molecule is C.CCC(C)(C)C1CCC(Oc2ccc3cc(CN4CCC(C(=O)O)CC4)ccc3c2)CC1. The third kappa shape index (κ3) is 6.29. The van der Waals surface area contributed by atoms with Gasteiger partial charge in [0.1, 0.15) is 5.75 Å². The van der Waals surface area contributed by atoms with Crippen molar-refractivity contribution in [3.05, 3.63) is 42.0 Å². The van der Waals surface area contributed by atoms with Crippen molar-refractivity contribution < 1.29 is 14.6 Å². The molecule has 0 atom stereocenters. The number of rotatable bonds is 7. The molecule has 2 fully saturated rings. The Morgan fingerprint density at radius 1 is 1.00 bits per heavy atom. The molecule has 0 aromatic heterocycles. The number of fused-ring (bicyclic) bond motifs is 1. The van der Waals surface area contributed by atoms with Crippen molar-refractivity contribution in [2.24, 2.45) is 17.3 Å². The molecule has 1 aliphatic heterocycles. The molecule has 4 nitrogen and oxygen atoms in total. The summed E-state index contributed by atoms with van der Waals surface area (Å²) in [6, 6.07) is 13.1. The molecule has 2 aliphatic rings. The van der Waals surface area contributed by atoms with Gasteiger partial charge in [-0.25, -0.2) is 0 Å². The lowest BCUT2D eigenvalue weighted by atomic mass is 9.69. The molecule has 4 heteroatoms. The summed E-state index contributed by atoms with van der Waals surface area (Å²) in [5.41, 5.74) is 1.73. The molecule has 2 aromatic rings. The van der Waals surface area contributed by atoms with Crippen LogP contribution in [0.3, 0.4) is 0 Å². The van der Waals surface area contributed by atoms with Crippen LogP contribution in [0.25, 0.3) is 10.8 Å². The minimum atomic E-state index is -0.647. The van der Waals surface area contributed by atoms with E-state index < -0.39 is 5.97 Å². The van der Waals surface area contributed by atoms with Crippen LogP contribution in [0.4, 0.5) is 0 Å². The van der Waals surface area contributed by atoms with Crippen molar-refractivity contribution >= 4 is 16.7 Å². The molecule has 1 N–H and O–H groups in total. The Morgan fingerprint density at radius 3 is 2.27 bits per heavy atom. The van der Waals surface area contributed by atoms with E-state index in [-0.39, 0.29) is 13.3 Å². The van der Waals surface area contributed by atoms with Crippen molar-refractivity contribution in [3.8, 4) is 5.75 Å². The van der Waals surface area contributed by atoms with Gasteiger partial charge in [0.25, 0.3) is 0 Å². The molecular weight excluding hydrogens is 410 g/mol. The first-order chi connectivity index (χ1) is 15.3. The summed E-state index contributed by atoms with van der Waals surface area (Å²) >= 11 is 0. The third-order valence-electron chi connectivity index (χ3n) is 8.21. The molecular formula is C29H43NO3. The maximum absolute atomic E-state index is 11.2. The maximum atomic E-state index is 11.2. The fourth-order valence-corrected chi connectivity index (χ4v) is 5.48. The molecule has 1 saturated carbocycles. The Morgan fingerprint density at radius 2 is 1.64 bits per heavy atom. The van der Waals surface area contributed by atoms with E-state index in [0.717, 1.165) is 57.0 Å². The summed E-state index contributed by atoms with van der Waals surface area (Å²) in [6.07, 6.45) is 7.94. The number of carboxylic acids is 1. The van der Waals surface area contributed by atoms with Crippen LogP contribution in [0.2, 0.25) is 0 Å². The van der Waals surface area contributed by atoms with E-state index >= 15 is 0 Å². The zero-order chi connectivity index (χ0) is 22.7. The number of carboxylic acid groups (broad SMARTS) is 1. The first kappa shape index (κ1) is 25.6. The molecule has 182 valence electrons. The van der Waals surface area contributed by atoms with Crippen LogP contribution in [0.1, 0.15) is 78.7 Å². The normalized spacial score (nSPS) is 22.6. The third-order valence-corrected chi connectivity index (χ3v) is 8.21. The summed E-state index contributed by atoms with van der Waals surface area (Å²) in [5, 5.41) is 11.6. The van der Waals surface area contributed by atoms with Gasteiger partial charge < -0.3 is 9.84 Å². The highest BCUT2D eigenvalue weighted by Crippen LogP contribution is 2.41. The zero-order valence-corrected chi connectivity index (χ0v) is 20.0. The minimum absolute atomic E-state index is 0. The number of nitrogens with zero attached hydrogens (tertiary/aromatic N) is 1. The van der Waals surface area contributed by atoms with Crippen LogP contribution in [0.5, 0.6) is 5.75 Å². The number of aliphatic carboxylic acids is 1.